The summed E-state index contributed by atoms with van der Waals surface area (Å²) >= 11 is 1.44. The Morgan fingerprint density at radius 2 is 2.19 bits per heavy atom. The topological polar surface area (TPSA) is 53.4 Å². The second kappa shape index (κ2) is 5.95. The number of carboxylic acid groups (broad SMARTS) is 1. The first-order chi connectivity index (χ1) is 10.1. The summed E-state index contributed by atoms with van der Waals surface area (Å²) in [5.41, 5.74) is 3.01. The first kappa shape index (κ1) is 14.2. The van der Waals surface area contributed by atoms with Gasteiger partial charge in [0.1, 0.15) is 0 Å². The van der Waals surface area contributed by atoms with Gasteiger partial charge in [-0.05, 0) is 17.5 Å². The number of carboxylic acids is 1. The number of fused-ring (bicyclic) bond motifs is 1. The number of thiazole rings is 1. The third-order valence-corrected chi connectivity index (χ3v) is 4.98. The molecule has 4 nitrogen and oxygen atoms in total. The van der Waals surface area contributed by atoms with Gasteiger partial charge in [-0.1, -0.05) is 31.2 Å². The summed E-state index contributed by atoms with van der Waals surface area (Å²) in [6, 6.07) is 8.58. The molecule has 1 aliphatic rings. The van der Waals surface area contributed by atoms with Crippen molar-refractivity contribution in [3.8, 4) is 0 Å². The second-order valence-corrected chi connectivity index (χ2v) is 6.42. The van der Waals surface area contributed by atoms with Crippen LogP contribution in [-0.2, 0) is 13.0 Å². The van der Waals surface area contributed by atoms with Crippen LogP contribution < -0.4 is 0 Å². The van der Waals surface area contributed by atoms with Crippen LogP contribution in [0, 0.1) is 0 Å². The van der Waals surface area contributed by atoms with Crippen LogP contribution in [0.4, 0.5) is 0 Å². The van der Waals surface area contributed by atoms with Gasteiger partial charge in [0.15, 0.2) is 5.69 Å². The van der Waals surface area contributed by atoms with Crippen LogP contribution in [0.1, 0.15) is 39.5 Å². The van der Waals surface area contributed by atoms with Gasteiger partial charge in [-0.25, -0.2) is 9.78 Å². The fraction of sp³-hybridized carbons (Fsp3) is 0.375. The van der Waals surface area contributed by atoms with Crippen LogP contribution in [0.3, 0.4) is 0 Å². The number of carbonyl (C=O) groups is 1. The first-order valence-corrected chi connectivity index (χ1v) is 7.99. The molecule has 0 spiro atoms. The third kappa shape index (κ3) is 3.14. The Morgan fingerprint density at radius 3 is 2.90 bits per heavy atom. The van der Waals surface area contributed by atoms with E-state index < -0.39 is 5.97 Å². The van der Waals surface area contributed by atoms with E-state index in [4.69, 9.17) is 5.11 Å². The molecule has 0 fully saturated rings. The molecule has 0 aliphatic carbocycles. The van der Waals surface area contributed by atoms with E-state index in [2.05, 4.69) is 41.1 Å². The molecule has 0 saturated carbocycles. The van der Waals surface area contributed by atoms with Crippen molar-refractivity contribution in [1.82, 2.24) is 9.88 Å². The zero-order valence-electron chi connectivity index (χ0n) is 12.0. The van der Waals surface area contributed by atoms with Crippen molar-refractivity contribution in [2.45, 2.75) is 25.8 Å². The second-order valence-electron chi connectivity index (χ2n) is 5.53. The van der Waals surface area contributed by atoms with Gasteiger partial charge in [0, 0.05) is 30.9 Å². The van der Waals surface area contributed by atoms with Gasteiger partial charge in [0.2, 0.25) is 0 Å². The molecule has 0 amide bonds. The molecule has 21 heavy (non-hydrogen) atoms. The van der Waals surface area contributed by atoms with Crippen molar-refractivity contribution in [2.75, 3.05) is 13.1 Å². The number of aromatic nitrogens is 1. The Morgan fingerprint density at radius 1 is 1.43 bits per heavy atom. The van der Waals surface area contributed by atoms with Crippen LogP contribution in [0.25, 0.3) is 0 Å². The van der Waals surface area contributed by atoms with E-state index >= 15 is 0 Å². The van der Waals surface area contributed by atoms with E-state index in [-0.39, 0.29) is 11.6 Å². The SMILES string of the molecule is CC(CN1CCc2ccccc2C1)c1nc(C(=O)O)cs1. The maximum absolute atomic E-state index is 10.9. The molecule has 0 bridgehead atoms. The van der Waals surface area contributed by atoms with E-state index in [0.717, 1.165) is 31.1 Å². The third-order valence-electron chi connectivity index (χ3n) is 3.90. The summed E-state index contributed by atoms with van der Waals surface area (Å²) in [6.45, 7) is 5.06. The maximum Gasteiger partial charge on any atom is 0.355 e. The van der Waals surface area contributed by atoms with Gasteiger partial charge in [-0.15, -0.1) is 11.3 Å². The van der Waals surface area contributed by atoms with Crippen molar-refractivity contribution in [1.29, 1.82) is 0 Å². The van der Waals surface area contributed by atoms with E-state index in [9.17, 15) is 4.79 Å². The van der Waals surface area contributed by atoms with Crippen molar-refractivity contribution < 1.29 is 9.90 Å². The fourth-order valence-electron chi connectivity index (χ4n) is 2.79. The number of hydrogen-bond donors (Lipinski definition) is 1. The normalized spacial score (nSPS) is 16.4. The highest BCUT2D eigenvalue weighted by Crippen LogP contribution is 2.24. The quantitative estimate of drug-likeness (QED) is 0.943. The number of nitrogens with zero attached hydrogens (tertiary/aromatic N) is 2. The average Bonchev–Trinajstić information content (AvgIpc) is 2.97. The lowest BCUT2D eigenvalue weighted by Crippen LogP contribution is -2.33. The zero-order chi connectivity index (χ0) is 14.8. The van der Waals surface area contributed by atoms with Crippen LogP contribution >= 0.6 is 11.3 Å². The van der Waals surface area contributed by atoms with Crippen molar-refractivity contribution in [3.63, 3.8) is 0 Å². The Labute approximate surface area is 128 Å². The standard InChI is InChI=1S/C16H18N2O2S/c1-11(15-17-14(10-21-15)16(19)20)8-18-7-6-12-4-2-3-5-13(12)9-18/h2-5,10-11H,6-9H2,1H3,(H,19,20). The van der Waals surface area contributed by atoms with Gasteiger partial charge in [-0.3, -0.25) is 4.90 Å². The number of benzene rings is 1. The number of aromatic carboxylic acids is 1. The lowest BCUT2D eigenvalue weighted by Gasteiger charge is -2.30. The van der Waals surface area contributed by atoms with Crippen molar-refractivity contribution in [3.05, 3.63) is 51.5 Å². The molecule has 1 N–H and O–H groups in total. The summed E-state index contributed by atoms with van der Waals surface area (Å²) in [5, 5.41) is 11.5. The van der Waals surface area contributed by atoms with E-state index in [1.165, 1.54) is 22.5 Å². The molecule has 1 atom stereocenters. The fourth-order valence-corrected chi connectivity index (χ4v) is 3.63. The molecule has 2 heterocycles. The van der Waals surface area contributed by atoms with Crippen molar-refractivity contribution >= 4 is 17.3 Å². The Kier molecular flexibility index (Phi) is 4.03. The molecule has 0 saturated heterocycles. The van der Waals surface area contributed by atoms with Gasteiger partial charge < -0.3 is 5.11 Å². The summed E-state index contributed by atoms with van der Waals surface area (Å²) in [6.07, 6.45) is 1.08. The minimum Gasteiger partial charge on any atom is -0.476 e. The van der Waals surface area contributed by atoms with Crippen molar-refractivity contribution in [2.24, 2.45) is 0 Å². The predicted octanol–water partition coefficient (Wildman–Crippen LogP) is 3.00. The van der Waals surface area contributed by atoms with E-state index in [1.54, 1.807) is 5.38 Å². The molecule has 5 heteroatoms. The number of hydrogen-bond acceptors (Lipinski definition) is 4. The van der Waals surface area contributed by atoms with Crippen LogP contribution in [-0.4, -0.2) is 34.0 Å². The number of rotatable bonds is 4. The first-order valence-electron chi connectivity index (χ1n) is 7.11. The Bertz CT molecular complexity index is 653. The molecule has 1 aromatic carbocycles. The maximum atomic E-state index is 10.9. The van der Waals surface area contributed by atoms with Crippen LogP contribution in [0.15, 0.2) is 29.6 Å². The summed E-state index contributed by atoms with van der Waals surface area (Å²) in [5.74, 6) is -0.690. The summed E-state index contributed by atoms with van der Waals surface area (Å²) in [7, 11) is 0. The predicted molar refractivity (Wildman–Crippen MR) is 82.9 cm³/mol. The molecular formula is C16H18N2O2S. The molecule has 110 valence electrons. The minimum absolute atomic E-state index is 0.158. The lowest BCUT2D eigenvalue weighted by atomic mass is 9.99. The highest BCUT2D eigenvalue weighted by Gasteiger charge is 2.20. The van der Waals surface area contributed by atoms with Gasteiger partial charge in [0.05, 0.1) is 5.01 Å². The van der Waals surface area contributed by atoms with Gasteiger partial charge in [0.25, 0.3) is 0 Å². The Balaban J connectivity index is 1.65. The van der Waals surface area contributed by atoms with E-state index in [1.807, 2.05) is 0 Å². The highest BCUT2D eigenvalue weighted by atomic mass is 32.1. The monoisotopic (exact) mass is 302 g/mol. The summed E-state index contributed by atoms with van der Waals surface area (Å²) < 4.78 is 0. The van der Waals surface area contributed by atoms with Crippen LogP contribution in [0.2, 0.25) is 0 Å². The molecule has 0 radical (unpaired) electrons. The molecular weight excluding hydrogens is 284 g/mol. The molecule has 3 rings (SSSR count). The average molecular weight is 302 g/mol. The summed E-state index contributed by atoms with van der Waals surface area (Å²) in [4.78, 5) is 17.5. The minimum atomic E-state index is -0.948. The zero-order valence-corrected chi connectivity index (χ0v) is 12.8. The molecule has 1 aromatic heterocycles. The van der Waals surface area contributed by atoms with Gasteiger partial charge >= 0.3 is 5.97 Å². The molecule has 1 unspecified atom stereocenters. The van der Waals surface area contributed by atoms with Gasteiger partial charge in [-0.2, -0.15) is 0 Å². The largest absolute Gasteiger partial charge is 0.476 e. The Hall–Kier alpha value is -1.72. The smallest absolute Gasteiger partial charge is 0.355 e. The molecule has 2 aromatic rings. The molecule has 1 aliphatic heterocycles. The van der Waals surface area contributed by atoms with E-state index in [0.29, 0.717) is 0 Å². The lowest BCUT2D eigenvalue weighted by molar-refractivity contribution is 0.0691. The highest BCUT2D eigenvalue weighted by molar-refractivity contribution is 7.09. The van der Waals surface area contributed by atoms with Crippen LogP contribution in [0.5, 0.6) is 0 Å².